The maximum Gasteiger partial charge on any atom is 0.205 e. The highest BCUT2D eigenvalue weighted by molar-refractivity contribution is 7.14. The molecule has 1 heterocycles. The number of phenols is 1. The lowest BCUT2D eigenvalue weighted by Gasteiger charge is -2.27. The molecule has 0 saturated heterocycles. The first-order chi connectivity index (χ1) is 11.0. The molecule has 0 fully saturated rings. The van der Waals surface area contributed by atoms with Gasteiger partial charge in [-0.05, 0) is 28.5 Å². The minimum atomic E-state index is -0.162. The molecule has 4 N–H and O–H groups in total. The van der Waals surface area contributed by atoms with Crippen LogP contribution in [0.3, 0.4) is 0 Å². The van der Waals surface area contributed by atoms with Gasteiger partial charge in [-0.3, -0.25) is 5.43 Å². The summed E-state index contributed by atoms with van der Waals surface area (Å²) in [5, 5.41) is 17.4. The van der Waals surface area contributed by atoms with E-state index < -0.39 is 0 Å². The third-order valence-electron chi connectivity index (χ3n) is 3.64. The lowest BCUT2D eigenvalue weighted by Crippen LogP contribution is -2.17. The quantitative estimate of drug-likeness (QED) is 0.565. The number of hydrogen-bond acceptors (Lipinski definition) is 6. The average Bonchev–Trinajstić information content (AvgIpc) is 2.83. The van der Waals surface area contributed by atoms with Crippen LogP contribution in [0.1, 0.15) is 58.2 Å². The van der Waals surface area contributed by atoms with Crippen LogP contribution in [0, 0.1) is 0 Å². The van der Waals surface area contributed by atoms with E-state index in [9.17, 15) is 5.11 Å². The molecule has 0 radical (unpaired) electrons. The highest BCUT2D eigenvalue weighted by Crippen LogP contribution is 2.39. The molecule has 2 aromatic rings. The molecule has 5 nitrogen and oxygen atoms in total. The van der Waals surface area contributed by atoms with Gasteiger partial charge in [0, 0.05) is 16.5 Å². The molecule has 0 aliphatic rings. The summed E-state index contributed by atoms with van der Waals surface area (Å²) >= 11 is 1.40. The number of rotatable bonds is 3. The van der Waals surface area contributed by atoms with Gasteiger partial charge >= 0.3 is 0 Å². The van der Waals surface area contributed by atoms with Crippen LogP contribution in [0.25, 0.3) is 0 Å². The van der Waals surface area contributed by atoms with E-state index in [4.69, 9.17) is 5.73 Å². The minimum absolute atomic E-state index is 0.162. The smallest absolute Gasteiger partial charge is 0.205 e. The highest BCUT2D eigenvalue weighted by atomic mass is 32.1. The Morgan fingerprint density at radius 2 is 1.67 bits per heavy atom. The SMILES string of the molecule is CC(C)(C)c1cc(C=NNc2nc(N)cs2)cc(C(C)(C)C)c1O. The predicted molar refractivity (Wildman–Crippen MR) is 103 cm³/mol. The second-order valence-corrected chi connectivity index (χ2v) is 8.77. The number of phenolic OH excluding ortho intramolecular Hbond substituents is 1. The van der Waals surface area contributed by atoms with Gasteiger partial charge in [0.05, 0.1) is 6.21 Å². The Labute approximate surface area is 147 Å². The molecule has 0 aliphatic heterocycles. The highest BCUT2D eigenvalue weighted by Gasteiger charge is 2.26. The van der Waals surface area contributed by atoms with Gasteiger partial charge in [-0.15, -0.1) is 11.3 Å². The molecule has 0 aliphatic carbocycles. The minimum Gasteiger partial charge on any atom is -0.507 e. The van der Waals surface area contributed by atoms with E-state index in [1.54, 1.807) is 11.6 Å². The van der Waals surface area contributed by atoms with Gasteiger partial charge in [0.2, 0.25) is 5.13 Å². The molecule has 6 heteroatoms. The Hall–Kier alpha value is -2.08. The zero-order chi connectivity index (χ0) is 18.1. The Bertz CT molecular complexity index is 716. The lowest BCUT2D eigenvalue weighted by atomic mass is 9.78. The zero-order valence-corrected chi connectivity index (χ0v) is 16.0. The van der Waals surface area contributed by atoms with Crippen molar-refractivity contribution in [1.82, 2.24) is 4.98 Å². The molecular weight excluding hydrogens is 320 g/mol. The molecule has 130 valence electrons. The van der Waals surface area contributed by atoms with Gasteiger partial charge < -0.3 is 10.8 Å². The van der Waals surface area contributed by atoms with Crippen LogP contribution in [0.4, 0.5) is 10.9 Å². The van der Waals surface area contributed by atoms with E-state index in [1.807, 2.05) is 12.1 Å². The van der Waals surface area contributed by atoms with E-state index in [2.05, 4.69) is 57.1 Å². The summed E-state index contributed by atoms with van der Waals surface area (Å²) in [6, 6.07) is 3.96. The molecule has 24 heavy (non-hydrogen) atoms. The molecule has 0 atom stereocenters. The van der Waals surface area contributed by atoms with Gasteiger partial charge in [0.15, 0.2) is 0 Å². The Balaban J connectivity index is 2.39. The van der Waals surface area contributed by atoms with E-state index in [0.29, 0.717) is 16.7 Å². The summed E-state index contributed by atoms with van der Waals surface area (Å²) < 4.78 is 0. The molecule has 0 unspecified atom stereocenters. The number of aromatic hydroxyl groups is 1. The Morgan fingerprint density at radius 1 is 1.12 bits per heavy atom. The predicted octanol–water partition coefficient (Wildman–Crippen LogP) is 4.47. The van der Waals surface area contributed by atoms with Crippen molar-refractivity contribution in [1.29, 1.82) is 0 Å². The summed E-state index contributed by atoms with van der Waals surface area (Å²) in [6.45, 7) is 12.5. The molecule has 0 saturated carbocycles. The van der Waals surface area contributed by atoms with Crippen LogP contribution in [0.5, 0.6) is 5.75 Å². The fourth-order valence-corrected chi connectivity index (χ4v) is 2.92. The third kappa shape index (κ3) is 4.26. The molecule has 0 spiro atoms. The number of aromatic nitrogens is 1. The Morgan fingerprint density at radius 3 is 2.08 bits per heavy atom. The van der Waals surface area contributed by atoms with Crippen molar-refractivity contribution in [3.63, 3.8) is 0 Å². The van der Waals surface area contributed by atoms with Crippen LogP contribution in [-0.4, -0.2) is 16.3 Å². The summed E-state index contributed by atoms with van der Waals surface area (Å²) in [4.78, 5) is 4.10. The van der Waals surface area contributed by atoms with Crippen LogP contribution in [-0.2, 0) is 10.8 Å². The maximum atomic E-state index is 10.7. The standard InChI is InChI=1S/C18H26N4OS/c1-17(2,3)12-7-11(8-13(15(12)23)18(4,5)6)9-20-22-16-21-14(19)10-24-16/h7-10,23H,19H2,1-6H3,(H,21,22). The number of thiazole rings is 1. The van der Waals surface area contributed by atoms with E-state index in [0.717, 1.165) is 16.7 Å². The molecule has 1 aromatic heterocycles. The first kappa shape index (κ1) is 18.3. The van der Waals surface area contributed by atoms with Gasteiger partial charge in [-0.1, -0.05) is 41.5 Å². The second kappa shape index (κ2) is 6.43. The van der Waals surface area contributed by atoms with Crippen LogP contribution < -0.4 is 11.2 Å². The van der Waals surface area contributed by atoms with Crippen molar-refractivity contribution in [2.45, 2.75) is 52.4 Å². The average molecular weight is 347 g/mol. The van der Waals surface area contributed by atoms with Gasteiger partial charge in [0.25, 0.3) is 0 Å². The fraction of sp³-hybridized carbons (Fsp3) is 0.444. The molecule has 0 bridgehead atoms. The number of benzene rings is 1. The van der Waals surface area contributed by atoms with Gasteiger partial charge in [-0.2, -0.15) is 5.10 Å². The monoisotopic (exact) mass is 346 g/mol. The number of anilines is 2. The fourth-order valence-electron chi connectivity index (χ4n) is 2.37. The van der Waals surface area contributed by atoms with Crippen molar-refractivity contribution in [3.8, 4) is 5.75 Å². The number of hydrogen-bond donors (Lipinski definition) is 3. The third-order valence-corrected chi connectivity index (χ3v) is 4.41. The first-order valence-corrected chi connectivity index (χ1v) is 8.74. The molecular formula is C18H26N4OS. The van der Waals surface area contributed by atoms with Crippen LogP contribution >= 0.6 is 11.3 Å². The summed E-state index contributed by atoms with van der Waals surface area (Å²) in [5.74, 6) is 0.847. The van der Waals surface area contributed by atoms with Crippen molar-refractivity contribution >= 4 is 28.5 Å². The summed E-state index contributed by atoms with van der Waals surface area (Å²) in [6.07, 6.45) is 1.74. The number of nitrogens with two attached hydrogens (primary N) is 1. The molecule has 1 aromatic carbocycles. The second-order valence-electron chi connectivity index (χ2n) is 7.91. The normalized spacial score (nSPS) is 12.8. The zero-order valence-electron chi connectivity index (χ0n) is 15.1. The van der Waals surface area contributed by atoms with Gasteiger partial charge in [0.1, 0.15) is 11.6 Å². The Kier molecular flexibility index (Phi) is 4.90. The topological polar surface area (TPSA) is 83.5 Å². The number of nitrogen functional groups attached to an aromatic ring is 1. The van der Waals surface area contributed by atoms with Crippen molar-refractivity contribution in [3.05, 3.63) is 34.2 Å². The van der Waals surface area contributed by atoms with Crippen molar-refractivity contribution in [2.24, 2.45) is 5.10 Å². The number of nitrogens with one attached hydrogen (secondary N) is 1. The van der Waals surface area contributed by atoms with E-state index >= 15 is 0 Å². The van der Waals surface area contributed by atoms with Gasteiger partial charge in [-0.25, -0.2) is 4.98 Å². The van der Waals surface area contributed by atoms with E-state index in [-0.39, 0.29) is 10.8 Å². The number of nitrogens with zero attached hydrogens (tertiary/aromatic N) is 2. The molecule has 2 rings (SSSR count). The maximum absolute atomic E-state index is 10.7. The van der Waals surface area contributed by atoms with Crippen molar-refractivity contribution in [2.75, 3.05) is 11.2 Å². The number of hydrazone groups is 1. The lowest BCUT2D eigenvalue weighted by molar-refractivity contribution is 0.423. The van der Waals surface area contributed by atoms with Crippen LogP contribution in [0.15, 0.2) is 22.6 Å². The van der Waals surface area contributed by atoms with E-state index in [1.165, 1.54) is 11.3 Å². The summed E-state index contributed by atoms with van der Waals surface area (Å²) in [7, 11) is 0. The molecule has 0 amide bonds. The summed E-state index contributed by atoms with van der Waals surface area (Å²) in [5.41, 5.74) is 10.9. The first-order valence-electron chi connectivity index (χ1n) is 7.86. The largest absolute Gasteiger partial charge is 0.507 e. The van der Waals surface area contributed by atoms with Crippen molar-refractivity contribution < 1.29 is 5.11 Å². The van der Waals surface area contributed by atoms with Crippen LogP contribution in [0.2, 0.25) is 0 Å².